The summed E-state index contributed by atoms with van der Waals surface area (Å²) in [6.07, 6.45) is 0. The molecule has 8 nitrogen and oxygen atoms in total. The Morgan fingerprint density at radius 1 is 1.00 bits per heavy atom. The Hall–Kier alpha value is -3.37. The van der Waals surface area contributed by atoms with Crippen molar-refractivity contribution < 1.29 is 22.7 Å². The molecule has 3 aromatic carbocycles. The molecule has 0 heterocycles. The molecule has 0 spiro atoms. The molecule has 3 rings (SSSR count). The smallest absolute Gasteiger partial charge is 0.264 e. The van der Waals surface area contributed by atoms with Crippen molar-refractivity contribution in [1.29, 1.82) is 0 Å². The fourth-order valence-corrected chi connectivity index (χ4v) is 5.31. The minimum Gasteiger partial charge on any atom is -0.497 e. The van der Waals surface area contributed by atoms with Crippen LogP contribution in [0.25, 0.3) is 0 Å². The average molecular weight is 574 g/mol. The number of rotatable bonds is 10. The summed E-state index contributed by atoms with van der Waals surface area (Å²) in [5, 5.41) is 2.56. The summed E-state index contributed by atoms with van der Waals surface area (Å²) in [6.45, 7) is 1.20. The molecule has 36 heavy (non-hydrogen) atoms. The normalized spacial score (nSPS) is 11.9. The standard InChI is InChI=1S/C26H28BrN3O5S/c1-19(26(32)28-2)29(17-20-8-7-9-23(16-20)35-3)25(31)18-30(22-14-12-21(27)13-15-22)36(33,34)24-10-5-4-6-11-24/h4-16,19H,17-18H2,1-3H3,(H,28,32)/t19-/m1/s1. The maximum absolute atomic E-state index is 13.7. The number of halogens is 1. The number of nitrogens with one attached hydrogen (secondary N) is 1. The number of carbonyl (C=O) groups excluding carboxylic acids is 2. The molecule has 0 aromatic heterocycles. The quantitative estimate of drug-likeness (QED) is 0.398. The minimum atomic E-state index is -4.08. The number of amides is 2. The van der Waals surface area contributed by atoms with Crippen LogP contribution < -0.4 is 14.4 Å². The summed E-state index contributed by atoms with van der Waals surface area (Å²) in [5.41, 5.74) is 1.06. The number of hydrogen-bond donors (Lipinski definition) is 1. The lowest BCUT2D eigenvalue weighted by Crippen LogP contribution is -2.50. The summed E-state index contributed by atoms with van der Waals surface area (Å²) >= 11 is 3.36. The van der Waals surface area contributed by atoms with Crippen LogP contribution >= 0.6 is 15.9 Å². The number of hydrogen-bond acceptors (Lipinski definition) is 5. The Labute approximate surface area is 220 Å². The SMILES string of the molecule is CNC(=O)[C@@H](C)N(Cc1cccc(OC)c1)C(=O)CN(c1ccc(Br)cc1)S(=O)(=O)c1ccccc1. The Balaban J connectivity index is 2.01. The van der Waals surface area contributed by atoms with Crippen LogP contribution in [0.4, 0.5) is 5.69 Å². The third-order valence-electron chi connectivity index (χ3n) is 5.63. The van der Waals surface area contributed by atoms with E-state index in [2.05, 4.69) is 21.2 Å². The van der Waals surface area contributed by atoms with Gasteiger partial charge in [-0.15, -0.1) is 0 Å². The fourth-order valence-electron chi connectivity index (χ4n) is 3.61. The topological polar surface area (TPSA) is 96.0 Å². The first-order chi connectivity index (χ1) is 17.2. The average Bonchev–Trinajstić information content (AvgIpc) is 2.90. The minimum absolute atomic E-state index is 0.0550. The van der Waals surface area contributed by atoms with Gasteiger partial charge in [0.2, 0.25) is 11.8 Å². The molecule has 0 unspecified atom stereocenters. The molecule has 0 saturated heterocycles. The molecule has 0 radical (unpaired) electrons. The Morgan fingerprint density at radius 3 is 2.28 bits per heavy atom. The molecule has 1 atom stereocenters. The molecule has 0 aliphatic carbocycles. The highest BCUT2D eigenvalue weighted by molar-refractivity contribution is 9.10. The lowest BCUT2D eigenvalue weighted by atomic mass is 10.1. The number of carbonyl (C=O) groups is 2. The van der Waals surface area contributed by atoms with Gasteiger partial charge in [0.05, 0.1) is 17.7 Å². The van der Waals surface area contributed by atoms with E-state index in [4.69, 9.17) is 4.74 Å². The van der Waals surface area contributed by atoms with E-state index in [0.29, 0.717) is 11.4 Å². The maximum Gasteiger partial charge on any atom is 0.264 e. The van der Waals surface area contributed by atoms with Crippen LogP contribution in [0.3, 0.4) is 0 Å². The van der Waals surface area contributed by atoms with E-state index in [0.717, 1.165) is 14.3 Å². The highest BCUT2D eigenvalue weighted by Gasteiger charge is 2.32. The summed E-state index contributed by atoms with van der Waals surface area (Å²) in [5.74, 6) is -0.292. The van der Waals surface area contributed by atoms with Crippen LogP contribution in [0.15, 0.2) is 88.2 Å². The van der Waals surface area contributed by atoms with Crippen molar-refractivity contribution in [2.45, 2.75) is 24.4 Å². The number of nitrogens with zero attached hydrogens (tertiary/aromatic N) is 2. The van der Waals surface area contributed by atoms with Gasteiger partial charge in [-0.05, 0) is 61.0 Å². The molecule has 2 amide bonds. The van der Waals surface area contributed by atoms with Gasteiger partial charge in [-0.25, -0.2) is 8.42 Å². The van der Waals surface area contributed by atoms with E-state index in [1.807, 2.05) is 6.07 Å². The second-order valence-corrected chi connectivity index (χ2v) is 10.7. The molecule has 0 aliphatic heterocycles. The predicted molar refractivity (Wildman–Crippen MR) is 142 cm³/mol. The van der Waals surface area contributed by atoms with Gasteiger partial charge in [0, 0.05) is 18.1 Å². The van der Waals surface area contributed by atoms with Gasteiger partial charge in [0.1, 0.15) is 18.3 Å². The first-order valence-electron chi connectivity index (χ1n) is 11.1. The zero-order chi connectivity index (χ0) is 26.3. The van der Waals surface area contributed by atoms with Crippen LogP contribution in [0, 0.1) is 0 Å². The molecular weight excluding hydrogens is 546 g/mol. The van der Waals surface area contributed by atoms with Crippen molar-refractivity contribution in [1.82, 2.24) is 10.2 Å². The molecule has 0 aliphatic rings. The van der Waals surface area contributed by atoms with Crippen LogP contribution in [0.5, 0.6) is 5.75 Å². The highest BCUT2D eigenvalue weighted by Crippen LogP contribution is 2.26. The van der Waals surface area contributed by atoms with E-state index in [9.17, 15) is 18.0 Å². The van der Waals surface area contributed by atoms with Crippen molar-refractivity contribution in [3.8, 4) is 5.75 Å². The lowest BCUT2D eigenvalue weighted by Gasteiger charge is -2.31. The zero-order valence-corrected chi connectivity index (χ0v) is 22.6. The number of sulfonamides is 1. The van der Waals surface area contributed by atoms with Gasteiger partial charge in [-0.1, -0.05) is 46.3 Å². The molecule has 190 valence electrons. The molecule has 10 heteroatoms. The predicted octanol–water partition coefficient (Wildman–Crippen LogP) is 3.82. The van der Waals surface area contributed by atoms with E-state index >= 15 is 0 Å². The molecule has 0 fully saturated rings. The number of ether oxygens (including phenoxy) is 1. The summed E-state index contributed by atoms with van der Waals surface area (Å²) in [6, 6.07) is 20.9. The third-order valence-corrected chi connectivity index (χ3v) is 7.94. The summed E-state index contributed by atoms with van der Waals surface area (Å²) < 4.78 is 34.4. The molecular formula is C26H28BrN3O5S. The fraction of sp³-hybridized carbons (Fsp3) is 0.231. The van der Waals surface area contributed by atoms with Crippen molar-refractivity contribution in [3.63, 3.8) is 0 Å². The van der Waals surface area contributed by atoms with Crippen molar-refractivity contribution >= 4 is 43.5 Å². The number of benzene rings is 3. The second kappa shape index (κ2) is 12.0. The lowest BCUT2D eigenvalue weighted by molar-refractivity contribution is -0.139. The van der Waals surface area contributed by atoms with Crippen molar-refractivity contribution in [2.24, 2.45) is 0 Å². The molecule has 0 bridgehead atoms. The van der Waals surface area contributed by atoms with Gasteiger partial charge >= 0.3 is 0 Å². The number of anilines is 1. The van der Waals surface area contributed by atoms with Crippen LogP contribution in [0.1, 0.15) is 12.5 Å². The summed E-state index contributed by atoms with van der Waals surface area (Å²) in [4.78, 5) is 27.6. The first kappa shape index (κ1) is 27.2. The Morgan fingerprint density at radius 2 is 1.67 bits per heavy atom. The van der Waals surface area contributed by atoms with Crippen LogP contribution in [-0.4, -0.2) is 51.9 Å². The largest absolute Gasteiger partial charge is 0.497 e. The van der Waals surface area contributed by atoms with Crippen molar-refractivity contribution in [2.75, 3.05) is 25.0 Å². The van der Waals surface area contributed by atoms with Gasteiger partial charge in [0.25, 0.3) is 10.0 Å². The van der Waals surface area contributed by atoms with Gasteiger partial charge < -0.3 is 15.0 Å². The number of methoxy groups -OCH3 is 1. The van der Waals surface area contributed by atoms with E-state index in [-0.39, 0.29) is 17.3 Å². The molecule has 3 aromatic rings. The maximum atomic E-state index is 13.7. The van der Waals surface area contributed by atoms with Crippen LogP contribution in [-0.2, 0) is 26.2 Å². The Bertz CT molecular complexity index is 1300. The highest BCUT2D eigenvalue weighted by atomic mass is 79.9. The van der Waals surface area contributed by atoms with E-state index < -0.39 is 28.5 Å². The first-order valence-corrected chi connectivity index (χ1v) is 13.4. The van der Waals surface area contributed by atoms with Crippen LogP contribution in [0.2, 0.25) is 0 Å². The molecule has 1 N–H and O–H groups in total. The Kier molecular flexibility index (Phi) is 9.11. The van der Waals surface area contributed by atoms with E-state index in [1.165, 1.54) is 24.1 Å². The van der Waals surface area contributed by atoms with Gasteiger partial charge in [-0.3, -0.25) is 13.9 Å². The summed E-state index contributed by atoms with van der Waals surface area (Å²) in [7, 11) is -1.05. The second-order valence-electron chi connectivity index (χ2n) is 7.96. The van der Waals surface area contributed by atoms with E-state index in [1.54, 1.807) is 74.7 Å². The van der Waals surface area contributed by atoms with Gasteiger partial charge in [0.15, 0.2) is 0 Å². The van der Waals surface area contributed by atoms with Gasteiger partial charge in [-0.2, -0.15) is 0 Å². The third kappa shape index (κ3) is 6.44. The zero-order valence-electron chi connectivity index (χ0n) is 20.2. The molecule has 0 saturated carbocycles. The number of likely N-dealkylation sites (N-methyl/N-ethyl adjacent to an activating group) is 1. The monoisotopic (exact) mass is 573 g/mol. The van der Waals surface area contributed by atoms with Crippen molar-refractivity contribution in [3.05, 3.63) is 88.9 Å².